The Labute approximate surface area is 147 Å². The lowest BCUT2D eigenvalue weighted by Gasteiger charge is -2.34. The average Bonchev–Trinajstić information content (AvgIpc) is 2.61. The van der Waals surface area contributed by atoms with Crippen LogP contribution in [0, 0.1) is 0 Å². The summed E-state index contributed by atoms with van der Waals surface area (Å²) in [7, 11) is 2.10. The highest BCUT2D eigenvalue weighted by Gasteiger charge is 2.21. The zero-order valence-corrected chi connectivity index (χ0v) is 14.5. The summed E-state index contributed by atoms with van der Waals surface area (Å²) >= 11 is 6.14. The number of benzene rings is 1. The largest absolute Gasteiger partial charge is 0.353 e. The number of likely N-dealkylation sites (N-methyl/N-ethyl adjacent to an activating group) is 1. The molecule has 1 aromatic heterocycles. The number of halogens is 1. The first-order chi connectivity index (χ1) is 11.6. The molecule has 0 spiro atoms. The number of pyridine rings is 1. The van der Waals surface area contributed by atoms with Gasteiger partial charge in [0.1, 0.15) is 5.82 Å². The first-order valence-corrected chi connectivity index (χ1v) is 8.43. The number of aromatic nitrogens is 1. The third-order valence-electron chi connectivity index (χ3n) is 4.23. The number of carbonyl (C=O) groups is 1. The van der Waals surface area contributed by atoms with Crippen LogP contribution in [0.2, 0.25) is 5.02 Å². The van der Waals surface area contributed by atoms with Crippen LogP contribution in [0.3, 0.4) is 0 Å². The molecule has 2 aromatic rings. The molecule has 1 aliphatic rings. The van der Waals surface area contributed by atoms with Crippen molar-refractivity contribution in [2.24, 2.45) is 0 Å². The molecule has 1 aliphatic heterocycles. The fraction of sp³-hybridized carbons (Fsp3) is 0.333. The van der Waals surface area contributed by atoms with Gasteiger partial charge in [0.05, 0.1) is 5.56 Å². The van der Waals surface area contributed by atoms with Crippen molar-refractivity contribution in [3.05, 3.63) is 58.7 Å². The highest BCUT2D eigenvalue weighted by molar-refractivity contribution is 6.31. The van der Waals surface area contributed by atoms with Gasteiger partial charge in [0.15, 0.2) is 0 Å². The molecular formula is C18H21ClN4O. The number of nitrogens with zero attached hydrogens (tertiary/aromatic N) is 3. The topological polar surface area (TPSA) is 48.5 Å². The molecule has 1 amide bonds. The fourth-order valence-electron chi connectivity index (χ4n) is 2.76. The third kappa shape index (κ3) is 3.86. The molecule has 0 saturated carbocycles. The fourth-order valence-corrected chi connectivity index (χ4v) is 2.96. The molecule has 5 nitrogen and oxygen atoms in total. The van der Waals surface area contributed by atoms with Gasteiger partial charge in [0.25, 0.3) is 5.91 Å². The summed E-state index contributed by atoms with van der Waals surface area (Å²) in [5, 5.41) is 3.60. The second-order valence-electron chi connectivity index (χ2n) is 5.94. The minimum atomic E-state index is -0.128. The highest BCUT2D eigenvalue weighted by Crippen LogP contribution is 2.19. The molecule has 2 heterocycles. The second-order valence-corrected chi connectivity index (χ2v) is 6.35. The van der Waals surface area contributed by atoms with E-state index >= 15 is 0 Å². The number of hydrogen-bond donors (Lipinski definition) is 1. The molecule has 126 valence electrons. The van der Waals surface area contributed by atoms with E-state index in [0.717, 1.165) is 37.6 Å². The Morgan fingerprint density at radius 3 is 2.67 bits per heavy atom. The Bertz CT molecular complexity index is 714. The van der Waals surface area contributed by atoms with E-state index in [1.54, 1.807) is 12.3 Å². The van der Waals surface area contributed by atoms with Crippen LogP contribution in [0.25, 0.3) is 0 Å². The van der Waals surface area contributed by atoms with Gasteiger partial charge in [-0.05, 0) is 30.8 Å². The first kappa shape index (κ1) is 16.7. The lowest BCUT2D eigenvalue weighted by Crippen LogP contribution is -2.45. The van der Waals surface area contributed by atoms with Crippen molar-refractivity contribution in [2.75, 3.05) is 38.1 Å². The minimum Gasteiger partial charge on any atom is -0.353 e. The molecule has 0 bridgehead atoms. The molecule has 1 N–H and O–H groups in total. The van der Waals surface area contributed by atoms with Crippen LogP contribution >= 0.6 is 11.6 Å². The molecule has 0 radical (unpaired) electrons. The van der Waals surface area contributed by atoms with Crippen LogP contribution in [-0.2, 0) is 6.54 Å². The molecule has 0 aliphatic carbocycles. The SMILES string of the molecule is CN1CCN(c2ncccc2C(=O)NCc2ccccc2Cl)CC1. The lowest BCUT2D eigenvalue weighted by atomic mass is 10.2. The van der Waals surface area contributed by atoms with Gasteiger partial charge in [-0.2, -0.15) is 0 Å². The Kier molecular flexibility index (Phi) is 5.33. The first-order valence-electron chi connectivity index (χ1n) is 8.05. The second kappa shape index (κ2) is 7.64. The van der Waals surface area contributed by atoms with Crippen LogP contribution in [-0.4, -0.2) is 49.0 Å². The van der Waals surface area contributed by atoms with E-state index in [2.05, 4.69) is 27.1 Å². The number of amides is 1. The van der Waals surface area contributed by atoms with Crippen molar-refractivity contribution in [3.8, 4) is 0 Å². The van der Waals surface area contributed by atoms with E-state index in [9.17, 15) is 4.79 Å². The Morgan fingerprint density at radius 1 is 1.17 bits per heavy atom. The molecule has 24 heavy (non-hydrogen) atoms. The number of carbonyl (C=O) groups excluding carboxylic acids is 1. The summed E-state index contributed by atoms with van der Waals surface area (Å²) in [6, 6.07) is 11.1. The maximum Gasteiger partial charge on any atom is 0.255 e. The molecule has 1 fully saturated rings. The van der Waals surface area contributed by atoms with Gasteiger partial charge < -0.3 is 15.1 Å². The predicted octanol–water partition coefficient (Wildman–Crippen LogP) is 2.42. The van der Waals surface area contributed by atoms with E-state index in [0.29, 0.717) is 17.1 Å². The maximum absolute atomic E-state index is 12.6. The molecule has 6 heteroatoms. The number of anilines is 1. The van der Waals surface area contributed by atoms with Gasteiger partial charge in [-0.3, -0.25) is 4.79 Å². The van der Waals surface area contributed by atoms with Crippen LogP contribution in [0.5, 0.6) is 0 Å². The Hall–Kier alpha value is -2.11. The number of nitrogens with one attached hydrogen (secondary N) is 1. The van der Waals surface area contributed by atoms with E-state index in [4.69, 9.17) is 11.6 Å². The van der Waals surface area contributed by atoms with Crippen molar-refractivity contribution < 1.29 is 4.79 Å². The van der Waals surface area contributed by atoms with Crippen LogP contribution in [0.1, 0.15) is 15.9 Å². The molecule has 1 aromatic carbocycles. The zero-order chi connectivity index (χ0) is 16.9. The zero-order valence-electron chi connectivity index (χ0n) is 13.7. The van der Waals surface area contributed by atoms with Gasteiger partial charge in [-0.15, -0.1) is 0 Å². The molecular weight excluding hydrogens is 324 g/mol. The third-order valence-corrected chi connectivity index (χ3v) is 4.60. The van der Waals surface area contributed by atoms with Gasteiger partial charge in [0.2, 0.25) is 0 Å². The van der Waals surface area contributed by atoms with Crippen LogP contribution < -0.4 is 10.2 Å². The van der Waals surface area contributed by atoms with E-state index in [1.165, 1.54) is 0 Å². The van der Waals surface area contributed by atoms with Crippen LogP contribution in [0.15, 0.2) is 42.6 Å². The van der Waals surface area contributed by atoms with Crippen molar-refractivity contribution >= 4 is 23.3 Å². The summed E-state index contributed by atoms with van der Waals surface area (Å²) in [6.07, 6.45) is 1.73. The van der Waals surface area contributed by atoms with Gasteiger partial charge in [-0.1, -0.05) is 29.8 Å². The van der Waals surface area contributed by atoms with Crippen molar-refractivity contribution in [1.29, 1.82) is 0 Å². The molecule has 1 saturated heterocycles. The lowest BCUT2D eigenvalue weighted by molar-refractivity contribution is 0.0951. The van der Waals surface area contributed by atoms with Crippen molar-refractivity contribution in [2.45, 2.75) is 6.54 Å². The van der Waals surface area contributed by atoms with E-state index < -0.39 is 0 Å². The quantitative estimate of drug-likeness (QED) is 0.925. The number of rotatable bonds is 4. The van der Waals surface area contributed by atoms with Crippen molar-refractivity contribution in [1.82, 2.24) is 15.2 Å². The van der Waals surface area contributed by atoms with Gasteiger partial charge in [0, 0.05) is 43.9 Å². The van der Waals surface area contributed by atoms with Crippen LogP contribution in [0.4, 0.5) is 5.82 Å². The summed E-state index contributed by atoms with van der Waals surface area (Å²) in [6.45, 7) is 4.08. The Morgan fingerprint density at radius 2 is 1.92 bits per heavy atom. The summed E-state index contributed by atoms with van der Waals surface area (Å²) in [5.41, 5.74) is 1.51. The molecule has 3 rings (SSSR count). The smallest absolute Gasteiger partial charge is 0.255 e. The van der Waals surface area contributed by atoms with Gasteiger partial charge >= 0.3 is 0 Å². The summed E-state index contributed by atoms with van der Waals surface area (Å²) in [4.78, 5) is 21.5. The number of piperazine rings is 1. The Balaban J connectivity index is 1.72. The summed E-state index contributed by atoms with van der Waals surface area (Å²) < 4.78 is 0. The van der Waals surface area contributed by atoms with E-state index in [-0.39, 0.29) is 5.91 Å². The normalized spacial score (nSPS) is 15.3. The minimum absolute atomic E-state index is 0.128. The van der Waals surface area contributed by atoms with Crippen molar-refractivity contribution in [3.63, 3.8) is 0 Å². The van der Waals surface area contributed by atoms with E-state index in [1.807, 2.05) is 30.3 Å². The molecule has 0 unspecified atom stereocenters. The van der Waals surface area contributed by atoms with Gasteiger partial charge in [-0.25, -0.2) is 4.98 Å². The summed E-state index contributed by atoms with van der Waals surface area (Å²) in [5.74, 6) is 0.624. The standard InChI is InChI=1S/C18H21ClN4O/c1-22-9-11-23(12-10-22)17-15(6-4-8-20-17)18(24)21-13-14-5-2-3-7-16(14)19/h2-8H,9-13H2,1H3,(H,21,24). The monoisotopic (exact) mass is 344 g/mol. The molecule has 0 atom stereocenters. The maximum atomic E-state index is 12.6. The number of hydrogen-bond acceptors (Lipinski definition) is 4. The predicted molar refractivity (Wildman–Crippen MR) is 96.6 cm³/mol. The average molecular weight is 345 g/mol. The highest BCUT2D eigenvalue weighted by atomic mass is 35.5.